The molecule has 0 aliphatic heterocycles. The second-order valence-corrected chi connectivity index (χ2v) is 7.63. The first kappa shape index (κ1) is 18.0. The van der Waals surface area contributed by atoms with Gasteiger partial charge in [0, 0.05) is 15.9 Å². The van der Waals surface area contributed by atoms with Crippen LogP contribution in [0.5, 0.6) is 0 Å². The Hall–Kier alpha value is -1.33. The van der Waals surface area contributed by atoms with Crippen LogP contribution in [0.4, 0.5) is 10.1 Å². The average Bonchev–Trinajstić information content (AvgIpc) is 2.49. The zero-order valence-electron chi connectivity index (χ0n) is 13.3. The highest BCUT2D eigenvalue weighted by Crippen LogP contribution is 2.26. The molecule has 0 aliphatic rings. The van der Waals surface area contributed by atoms with Crippen LogP contribution in [-0.4, -0.2) is 11.2 Å². The molecule has 0 saturated heterocycles. The number of hydrogen-bond acceptors (Lipinski definition) is 2. The van der Waals surface area contributed by atoms with E-state index in [9.17, 15) is 9.18 Å². The van der Waals surface area contributed by atoms with Crippen molar-refractivity contribution in [1.29, 1.82) is 0 Å². The molecule has 0 aromatic heterocycles. The fourth-order valence-corrected chi connectivity index (χ4v) is 3.73. The lowest BCUT2D eigenvalue weighted by Crippen LogP contribution is -2.23. The van der Waals surface area contributed by atoms with Gasteiger partial charge in [0.1, 0.15) is 5.82 Å². The third-order valence-electron chi connectivity index (χ3n) is 3.60. The largest absolute Gasteiger partial charge is 0.325 e. The topological polar surface area (TPSA) is 29.1 Å². The number of para-hydroxylation sites is 1. The summed E-state index contributed by atoms with van der Waals surface area (Å²) in [5.74, 6) is 0.347. The van der Waals surface area contributed by atoms with Crippen molar-refractivity contribution in [2.45, 2.75) is 31.8 Å². The summed E-state index contributed by atoms with van der Waals surface area (Å²) in [4.78, 5) is 12.4. The van der Waals surface area contributed by atoms with Crippen LogP contribution in [0.1, 0.15) is 23.6 Å². The van der Waals surface area contributed by atoms with E-state index < -0.39 is 0 Å². The van der Waals surface area contributed by atoms with E-state index in [-0.39, 0.29) is 17.0 Å². The maximum atomic E-state index is 13.1. The Balaban J connectivity index is 1.97. The fraction of sp³-hybridized carbons (Fsp3) is 0.278. The van der Waals surface area contributed by atoms with Crippen molar-refractivity contribution in [3.05, 3.63) is 63.4 Å². The summed E-state index contributed by atoms with van der Waals surface area (Å²) < 4.78 is 13.8. The molecule has 0 saturated carbocycles. The number of thioether (sulfide) groups is 1. The Kier molecular flexibility index (Phi) is 6.25. The quantitative estimate of drug-likeness (QED) is 0.727. The standard InChI is InChI=1S/C18H19BrFNOS/c1-11-5-4-6-12(2)17(11)21-18(22)13(3)23-10-14-7-8-15(20)9-16(14)19/h4-9,13H,10H2,1-3H3,(H,21,22)/t13-/m1/s1. The summed E-state index contributed by atoms with van der Waals surface area (Å²) in [5, 5.41) is 2.80. The van der Waals surface area contributed by atoms with Crippen LogP contribution in [0.15, 0.2) is 40.9 Å². The molecule has 1 amide bonds. The Morgan fingerprint density at radius 3 is 2.52 bits per heavy atom. The molecule has 0 bridgehead atoms. The van der Waals surface area contributed by atoms with Gasteiger partial charge in [0.05, 0.1) is 5.25 Å². The molecule has 0 unspecified atom stereocenters. The molecular weight excluding hydrogens is 377 g/mol. The van der Waals surface area contributed by atoms with Crippen molar-refractivity contribution in [3.63, 3.8) is 0 Å². The highest BCUT2D eigenvalue weighted by molar-refractivity contribution is 9.10. The van der Waals surface area contributed by atoms with Gasteiger partial charge in [-0.25, -0.2) is 4.39 Å². The molecule has 2 nitrogen and oxygen atoms in total. The Labute approximate surface area is 149 Å². The monoisotopic (exact) mass is 395 g/mol. The van der Waals surface area contributed by atoms with Gasteiger partial charge in [-0.3, -0.25) is 4.79 Å². The van der Waals surface area contributed by atoms with Crippen LogP contribution >= 0.6 is 27.7 Å². The number of carbonyl (C=O) groups excluding carboxylic acids is 1. The van der Waals surface area contributed by atoms with Crippen molar-refractivity contribution < 1.29 is 9.18 Å². The first-order valence-corrected chi connectivity index (χ1v) is 9.15. The van der Waals surface area contributed by atoms with Gasteiger partial charge in [0.2, 0.25) is 5.91 Å². The number of halogens is 2. The van der Waals surface area contributed by atoms with Gasteiger partial charge in [-0.1, -0.05) is 40.2 Å². The Bertz CT molecular complexity index is 700. The first-order chi connectivity index (χ1) is 10.9. The van der Waals surface area contributed by atoms with E-state index in [1.54, 1.807) is 6.07 Å². The van der Waals surface area contributed by atoms with E-state index in [1.807, 2.05) is 39.0 Å². The zero-order valence-corrected chi connectivity index (χ0v) is 15.7. The lowest BCUT2D eigenvalue weighted by atomic mass is 10.1. The van der Waals surface area contributed by atoms with Gasteiger partial charge < -0.3 is 5.32 Å². The SMILES string of the molecule is Cc1cccc(C)c1NC(=O)[C@@H](C)SCc1ccc(F)cc1Br. The molecule has 0 fully saturated rings. The molecular formula is C18H19BrFNOS. The third kappa shape index (κ3) is 4.82. The molecule has 0 aliphatic carbocycles. The van der Waals surface area contributed by atoms with Gasteiger partial charge in [-0.15, -0.1) is 11.8 Å². The minimum atomic E-state index is -0.272. The minimum Gasteiger partial charge on any atom is -0.325 e. The number of nitrogens with one attached hydrogen (secondary N) is 1. The number of carbonyl (C=O) groups is 1. The average molecular weight is 396 g/mol. The van der Waals surface area contributed by atoms with Gasteiger partial charge in [0.25, 0.3) is 0 Å². The number of aryl methyl sites for hydroxylation is 2. The lowest BCUT2D eigenvalue weighted by molar-refractivity contribution is -0.115. The van der Waals surface area contributed by atoms with Crippen LogP contribution in [-0.2, 0) is 10.5 Å². The number of amides is 1. The Morgan fingerprint density at radius 2 is 1.91 bits per heavy atom. The highest BCUT2D eigenvalue weighted by Gasteiger charge is 2.16. The number of rotatable bonds is 5. The highest BCUT2D eigenvalue weighted by atomic mass is 79.9. The molecule has 5 heteroatoms. The first-order valence-electron chi connectivity index (χ1n) is 7.31. The van der Waals surface area contributed by atoms with Crippen LogP contribution in [0, 0.1) is 19.7 Å². The minimum absolute atomic E-state index is 0.0226. The maximum absolute atomic E-state index is 13.1. The van der Waals surface area contributed by atoms with Gasteiger partial charge >= 0.3 is 0 Å². The van der Waals surface area contributed by atoms with Gasteiger partial charge in [-0.05, 0) is 49.6 Å². The van der Waals surface area contributed by atoms with Crippen molar-refractivity contribution in [2.24, 2.45) is 0 Å². The van der Waals surface area contributed by atoms with E-state index >= 15 is 0 Å². The number of benzene rings is 2. The molecule has 23 heavy (non-hydrogen) atoms. The van der Waals surface area contributed by atoms with E-state index in [0.717, 1.165) is 26.9 Å². The second kappa shape index (κ2) is 7.97. The molecule has 2 aromatic carbocycles. The molecule has 122 valence electrons. The smallest absolute Gasteiger partial charge is 0.237 e. The lowest BCUT2D eigenvalue weighted by Gasteiger charge is -2.15. The predicted octanol–water partition coefficient (Wildman–Crippen LogP) is 5.47. The van der Waals surface area contributed by atoms with Crippen molar-refractivity contribution >= 4 is 39.3 Å². The van der Waals surface area contributed by atoms with Crippen LogP contribution in [0.3, 0.4) is 0 Å². The summed E-state index contributed by atoms with van der Waals surface area (Å²) in [6.45, 7) is 5.84. The van der Waals surface area contributed by atoms with Crippen LogP contribution in [0.2, 0.25) is 0 Å². The van der Waals surface area contributed by atoms with E-state index in [0.29, 0.717) is 5.75 Å². The van der Waals surface area contributed by atoms with E-state index in [4.69, 9.17) is 0 Å². The van der Waals surface area contributed by atoms with Gasteiger partial charge in [0.15, 0.2) is 0 Å². The molecule has 0 spiro atoms. The predicted molar refractivity (Wildman–Crippen MR) is 99.4 cm³/mol. The molecule has 0 heterocycles. The summed E-state index contributed by atoms with van der Waals surface area (Å²) in [6.07, 6.45) is 0. The fourth-order valence-electron chi connectivity index (χ4n) is 2.17. The maximum Gasteiger partial charge on any atom is 0.237 e. The zero-order chi connectivity index (χ0) is 17.0. The van der Waals surface area contributed by atoms with E-state index in [2.05, 4.69) is 21.2 Å². The van der Waals surface area contributed by atoms with Crippen molar-refractivity contribution in [2.75, 3.05) is 5.32 Å². The van der Waals surface area contributed by atoms with Crippen LogP contribution < -0.4 is 5.32 Å². The normalized spacial score (nSPS) is 12.0. The second-order valence-electron chi connectivity index (χ2n) is 5.45. The van der Waals surface area contributed by atoms with Gasteiger partial charge in [-0.2, -0.15) is 0 Å². The number of hydrogen-bond donors (Lipinski definition) is 1. The van der Waals surface area contributed by atoms with Crippen molar-refractivity contribution in [1.82, 2.24) is 0 Å². The van der Waals surface area contributed by atoms with E-state index in [1.165, 1.54) is 23.9 Å². The number of anilines is 1. The molecule has 2 rings (SSSR count). The summed E-state index contributed by atoms with van der Waals surface area (Å²) in [6, 6.07) is 10.6. The molecule has 1 atom stereocenters. The summed E-state index contributed by atoms with van der Waals surface area (Å²) >= 11 is 4.88. The van der Waals surface area contributed by atoms with Crippen molar-refractivity contribution in [3.8, 4) is 0 Å². The van der Waals surface area contributed by atoms with Crippen LogP contribution in [0.25, 0.3) is 0 Å². The summed E-state index contributed by atoms with van der Waals surface area (Å²) in [5.41, 5.74) is 3.96. The molecule has 1 N–H and O–H groups in total. The third-order valence-corrected chi connectivity index (χ3v) is 5.53. The molecule has 0 radical (unpaired) electrons. The summed E-state index contributed by atoms with van der Waals surface area (Å²) in [7, 11) is 0. The molecule has 2 aromatic rings. The Morgan fingerprint density at radius 1 is 1.26 bits per heavy atom.